The first-order valence-electron chi connectivity index (χ1n) is 8.75. The number of rotatable bonds is 3. The highest BCUT2D eigenvalue weighted by Gasteiger charge is 2.32. The molecule has 1 aliphatic rings. The lowest BCUT2D eigenvalue weighted by Gasteiger charge is -2.18. The van der Waals surface area contributed by atoms with Crippen LogP contribution in [0.1, 0.15) is 16.7 Å². The molecule has 0 aliphatic carbocycles. The monoisotopic (exact) mass is 374 g/mol. The number of aliphatic imine (C=N–C) groups is 1. The first-order chi connectivity index (χ1) is 13.5. The molecule has 3 nitrogen and oxygen atoms in total. The van der Waals surface area contributed by atoms with Gasteiger partial charge in [0.05, 0.1) is 5.69 Å². The van der Waals surface area contributed by atoms with Crippen LogP contribution in [0.2, 0.25) is 0 Å². The number of carbonyl (C=O) groups is 1. The van der Waals surface area contributed by atoms with Gasteiger partial charge < -0.3 is 0 Å². The van der Waals surface area contributed by atoms with Crippen molar-refractivity contribution >= 4 is 23.5 Å². The Hall–Kier alpha value is -3.60. The zero-order chi connectivity index (χ0) is 19.7. The van der Waals surface area contributed by atoms with Crippen molar-refractivity contribution in [2.45, 2.75) is 6.92 Å². The number of benzene rings is 3. The molecular formula is C23H16F2N2O. The molecule has 0 saturated carbocycles. The highest BCUT2D eigenvalue weighted by atomic mass is 19.1. The normalized spacial score (nSPS) is 15.2. The molecule has 0 aromatic heterocycles. The van der Waals surface area contributed by atoms with E-state index in [1.165, 1.54) is 41.3 Å². The Bertz CT molecular complexity index is 1120. The summed E-state index contributed by atoms with van der Waals surface area (Å²) in [6.07, 6.45) is 1.43. The van der Waals surface area contributed by atoms with Crippen LogP contribution in [-0.2, 0) is 4.79 Å². The number of hydrogen-bond donors (Lipinski definition) is 0. The number of carbonyl (C=O) groups excluding carboxylic acids is 1. The van der Waals surface area contributed by atoms with Gasteiger partial charge in [0, 0.05) is 11.1 Å². The summed E-state index contributed by atoms with van der Waals surface area (Å²) in [5, 5.41) is 0. The number of nitrogens with zero attached hydrogens (tertiary/aromatic N) is 2. The average Bonchev–Trinajstić information content (AvgIpc) is 3.01. The molecule has 0 spiro atoms. The Morgan fingerprint density at radius 2 is 1.68 bits per heavy atom. The highest BCUT2D eigenvalue weighted by molar-refractivity contribution is 6.33. The Labute approximate surface area is 161 Å². The molecule has 0 radical (unpaired) electrons. The Balaban J connectivity index is 1.85. The van der Waals surface area contributed by atoms with Crippen LogP contribution in [0, 0.1) is 18.6 Å². The fourth-order valence-corrected chi connectivity index (χ4v) is 3.06. The van der Waals surface area contributed by atoms with Crippen LogP contribution in [0.3, 0.4) is 0 Å². The van der Waals surface area contributed by atoms with Crippen LogP contribution in [0.5, 0.6) is 0 Å². The van der Waals surface area contributed by atoms with Crippen molar-refractivity contribution in [2.24, 2.45) is 4.99 Å². The lowest BCUT2D eigenvalue weighted by molar-refractivity contribution is -0.113. The van der Waals surface area contributed by atoms with Gasteiger partial charge >= 0.3 is 0 Å². The van der Waals surface area contributed by atoms with Gasteiger partial charge in [-0.15, -0.1) is 0 Å². The van der Waals surface area contributed by atoms with Crippen molar-refractivity contribution in [1.82, 2.24) is 0 Å². The van der Waals surface area contributed by atoms with Gasteiger partial charge in [-0.2, -0.15) is 0 Å². The Kier molecular flexibility index (Phi) is 4.57. The number of aryl methyl sites for hydroxylation is 1. The molecule has 4 rings (SSSR count). The largest absolute Gasteiger partial charge is 0.282 e. The summed E-state index contributed by atoms with van der Waals surface area (Å²) < 4.78 is 27.4. The van der Waals surface area contributed by atoms with Crippen LogP contribution < -0.4 is 4.90 Å². The van der Waals surface area contributed by atoms with Crippen LogP contribution in [0.4, 0.5) is 14.5 Å². The molecular weight excluding hydrogens is 358 g/mol. The maximum atomic E-state index is 14.0. The van der Waals surface area contributed by atoms with E-state index in [1.807, 2.05) is 31.2 Å². The summed E-state index contributed by atoms with van der Waals surface area (Å²) in [6.45, 7) is 1.94. The minimum Gasteiger partial charge on any atom is -0.266 e. The van der Waals surface area contributed by atoms with E-state index < -0.39 is 17.5 Å². The summed E-state index contributed by atoms with van der Waals surface area (Å²) in [7, 11) is 0. The minimum absolute atomic E-state index is 0.117. The maximum absolute atomic E-state index is 14.0. The molecule has 3 aromatic carbocycles. The zero-order valence-corrected chi connectivity index (χ0v) is 15.1. The smallest absolute Gasteiger partial charge is 0.266 e. The molecule has 0 fully saturated rings. The van der Waals surface area contributed by atoms with E-state index in [2.05, 4.69) is 4.99 Å². The molecule has 1 amide bonds. The van der Waals surface area contributed by atoms with E-state index in [1.54, 1.807) is 18.2 Å². The summed E-state index contributed by atoms with van der Waals surface area (Å²) in [5.74, 6) is -0.809. The van der Waals surface area contributed by atoms with Gasteiger partial charge in [-0.05, 0) is 49.4 Å². The van der Waals surface area contributed by atoms with Crippen LogP contribution >= 0.6 is 0 Å². The zero-order valence-electron chi connectivity index (χ0n) is 15.1. The molecule has 28 heavy (non-hydrogen) atoms. The first-order valence-corrected chi connectivity index (χ1v) is 8.75. The topological polar surface area (TPSA) is 32.7 Å². The van der Waals surface area contributed by atoms with Crippen molar-refractivity contribution in [3.8, 4) is 0 Å². The number of hydrogen-bond acceptors (Lipinski definition) is 2. The summed E-state index contributed by atoms with van der Waals surface area (Å²) >= 11 is 0. The first kappa shape index (κ1) is 17.8. The second kappa shape index (κ2) is 7.19. The van der Waals surface area contributed by atoms with E-state index in [4.69, 9.17) is 0 Å². The van der Waals surface area contributed by atoms with Crippen LogP contribution in [0.15, 0.2) is 83.5 Å². The summed E-state index contributed by atoms with van der Waals surface area (Å²) in [5.41, 5.74) is 2.64. The molecule has 0 saturated heterocycles. The number of anilines is 1. The minimum atomic E-state index is -0.435. The maximum Gasteiger partial charge on any atom is 0.282 e. The third kappa shape index (κ3) is 3.34. The summed E-state index contributed by atoms with van der Waals surface area (Å²) in [6, 6.07) is 19.4. The van der Waals surface area contributed by atoms with Crippen molar-refractivity contribution in [3.63, 3.8) is 0 Å². The standard InChI is InChI=1S/C23H16F2N2O/c1-15-5-4-7-17(13-15)22-26-21(14-16-6-2-3-8-20(16)25)23(28)27(22)19-11-9-18(24)10-12-19/h2-14H,1H3/b21-14+. The number of amidine groups is 1. The number of amides is 1. The van der Waals surface area contributed by atoms with Crippen molar-refractivity contribution in [3.05, 3.63) is 107 Å². The Morgan fingerprint density at radius 1 is 0.929 bits per heavy atom. The van der Waals surface area contributed by atoms with Crippen molar-refractivity contribution in [1.29, 1.82) is 0 Å². The van der Waals surface area contributed by atoms with Gasteiger partial charge in [-0.25, -0.2) is 13.8 Å². The van der Waals surface area contributed by atoms with E-state index >= 15 is 0 Å². The van der Waals surface area contributed by atoms with Crippen molar-refractivity contribution in [2.75, 3.05) is 4.90 Å². The third-order valence-electron chi connectivity index (χ3n) is 4.42. The molecule has 1 aliphatic heterocycles. The van der Waals surface area contributed by atoms with Crippen LogP contribution in [0.25, 0.3) is 6.08 Å². The van der Waals surface area contributed by atoms with Crippen molar-refractivity contribution < 1.29 is 13.6 Å². The van der Waals surface area contributed by atoms with Gasteiger partial charge in [0.2, 0.25) is 0 Å². The molecule has 5 heteroatoms. The van der Waals surface area contributed by atoms with E-state index in [-0.39, 0.29) is 11.3 Å². The van der Waals surface area contributed by atoms with Gasteiger partial charge in [0.1, 0.15) is 23.2 Å². The highest BCUT2D eigenvalue weighted by Crippen LogP contribution is 2.28. The van der Waals surface area contributed by atoms with Gasteiger partial charge in [0.15, 0.2) is 0 Å². The molecule has 3 aromatic rings. The second-order valence-electron chi connectivity index (χ2n) is 6.47. The molecule has 0 bridgehead atoms. The van der Waals surface area contributed by atoms with Crippen LogP contribution in [-0.4, -0.2) is 11.7 Å². The number of halogens is 2. The lowest BCUT2D eigenvalue weighted by atomic mass is 10.1. The fraction of sp³-hybridized carbons (Fsp3) is 0.0435. The SMILES string of the molecule is Cc1cccc(C2=N/C(=C/c3ccccc3F)C(=O)N2c2ccc(F)cc2)c1. The van der Waals surface area contributed by atoms with Gasteiger partial charge in [-0.1, -0.05) is 42.0 Å². The third-order valence-corrected chi connectivity index (χ3v) is 4.42. The van der Waals surface area contributed by atoms with E-state index in [0.717, 1.165) is 11.1 Å². The molecule has 138 valence electrons. The molecule has 0 N–H and O–H groups in total. The quantitative estimate of drug-likeness (QED) is 0.587. The van der Waals surface area contributed by atoms with Gasteiger partial charge in [-0.3, -0.25) is 9.69 Å². The molecule has 0 atom stereocenters. The van der Waals surface area contributed by atoms with E-state index in [9.17, 15) is 13.6 Å². The predicted molar refractivity (Wildman–Crippen MR) is 106 cm³/mol. The lowest BCUT2D eigenvalue weighted by Crippen LogP contribution is -2.32. The van der Waals surface area contributed by atoms with Gasteiger partial charge in [0.25, 0.3) is 5.91 Å². The average molecular weight is 374 g/mol. The molecule has 1 heterocycles. The summed E-state index contributed by atoms with van der Waals surface area (Å²) in [4.78, 5) is 19.0. The fourth-order valence-electron chi connectivity index (χ4n) is 3.06. The molecule has 0 unspecified atom stereocenters. The Morgan fingerprint density at radius 3 is 2.39 bits per heavy atom. The predicted octanol–water partition coefficient (Wildman–Crippen LogP) is 5.11. The van der Waals surface area contributed by atoms with E-state index in [0.29, 0.717) is 11.5 Å². The second-order valence-corrected chi connectivity index (χ2v) is 6.47.